The smallest absolute Gasteiger partial charge is 0.0234 e. The van der Waals surface area contributed by atoms with Crippen LogP contribution in [0.3, 0.4) is 0 Å². The molecule has 0 aromatic heterocycles. The zero-order chi connectivity index (χ0) is 17.5. The van der Waals surface area contributed by atoms with Crippen molar-refractivity contribution in [3.63, 3.8) is 0 Å². The van der Waals surface area contributed by atoms with E-state index in [9.17, 15) is 0 Å². The van der Waals surface area contributed by atoms with Crippen LogP contribution in [0.5, 0.6) is 0 Å². The van der Waals surface area contributed by atoms with E-state index in [2.05, 4.69) is 91.5 Å². The van der Waals surface area contributed by atoms with E-state index in [1.54, 1.807) is 0 Å². The van der Waals surface area contributed by atoms with Crippen LogP contribution >= 0.6 is 0 Å². The molecule has 0 N–H and O–H groups in total. The van der Waals surface area contributed by atoms with Gasteiger partial charge >= 0.3 is 0 Å². The molecule has 0 atom stereocenters. The van der Waals surface area contributed by atoms with E-state index in [-0.39, 0.29) is 0 Å². The SMILES string of the molecule is CC(C)CN(CCCc1ccccc1)Cc1ccc2ccccc2c1. The second kappa shape index (κ2) is 8.82. The van der Waals surface area contributed by atoms with Gasteiger partial charge in [0, 0.05) is 13.1 Å². The Morgan fingerprint density at radius 1 is 0.760 bits per heavy atom. The molecule has 0 bridgehead atoms. The van der Waals surface area contributed by atoms with Crippen LogP contribution in [0.15, 0.2) is 72.8 Å². The topological polar surface area (TPSA) is 3.24 Å². The van der Waals surface area contributed by atoms with Crippen molar-refractivity contribution < 1.29 is 0 Å². The second-order valence-corrected chi connectivity index (χ2v) is 7.40. The number of aryl methyl sites for hydroxylation is 1. The minimum absolute atomic E-state index is 0.692. The maximum absolute atomic E-state index is 2.61. The van der Waals surface area contributed by atoms with Crippen molar-refractivity contribution in [2.45, 2.75) is 33.2 Å². The number of benzene rings is 3. The van der Waals surface area contributed by atoms with Crippen molar-refractivity contribution in [3.05, 3.63) is 83.9 Å². The molecule has 0 aliphatic rings. The Hall–Kier alpha value is -2.12. The van der Waals surface area contributed by atoms with Gasteiger partial charge in [0.2, 0.25) is 0 Å². The summed E-state index contributed by atoms with van der Waals surface area (Å²) in [6.45, 7) is 7.97. The first-order valence-electron chi connectivity index (χ1n) is 9.44. The molecule has 3 aromatic rings. The standard InChI is InChI=1S/C24H29N/c1-20(2)18-25(16-8-11-21-9-4-3-5-10-21)19-22-14-15-23-12-6-7-13-24(23)17-22/h3-7,9-10,12-15,17,20H,8,11,16,18-19H2,1-2H3. The molecule has 0 unspecified atom stereocenters. The lowest BCUT2D eigenvalue weighted by molar-refractivity contribution is 0.233. The first-order chi connectivity index (χ1) is 12.2. The van der Waals surface area contributed by atoms with Crippen LogP contribution in [0.1, 0.15) is 31.4 Å². The molecule has 1 nitrogen and oxygen atoms in total. The summed E-state index contributed by atoms with van der Waals surface area (Å²) in [4.78, 5) is 2.61. The molecule has 0 radical (unpaired) electrons. The highest BCUT2D eigenvalue weighted by molar-refractivity contribution is 5.82. The highest BCUT2D eigenvalue weighted by Gasteiger charge is 2.09. The molecule has 0 spiro atoms. The van der Waals surface area contributed by atoms with Crippen molar-refractivity contribution in [3.8, 4) is 0 Å². The summed E-state index contributed by atoms with van der Waals surface area (Å²) >= 11 is 0. The van der Waals surface area contributed by atoms with Gasteiger partial charge in [-0.25, -0.2) is 0 Å². The lowest BCUT2D eigenvalue weighted by Crippen LogP contribution is -2.28. The van der Waals surface area contributed by atoms with Crippen LogP contribution < -0.4 is 0 Å². The van der Waals surface area contributed by atoms with E-state index in [1.165, 1.54) is 28.3 Å². The maximum Gasteiger partial charge on any atom is 0.0234 e. The van der Waals surface area contributed by atoms with Gasteiger partial charge in [0.25, 0.3) is 0 Å². The van der Waals surface area contributed by atoms with Gasteiger partial charge in [0.1, 0.15) is 0 Å². The van der Waals surface area contributed by atoms with Crippen molar-refractivity contribution in [2.24, 2.45) is 5.92 Å². The first-order valence-corrected chi connectivity index (χ1v) is 9.44. The number of rotatable bonds is 8. The van der Waals surface area contributed by atoms with Crippen molar-refractivity contribution >= 4 is 10.8 Å². The molecule has 0 heterocycles. The lowest BCUT2D eigenvalue weighted by Gasteiger charge is -2.24. The molecular weight excluding hydrogens is 302 g/mol. The summed E-state index contributed by atoms with van der Waals surface area (Å²) in [5, 5.41) is 2.67. The molecule has 0 aliphatic heterocycles. The second-order valence-electron chi connectivity index (χ2n) is 7.40. The predicted molar refractivity (Wildman–Crippen MR) is 109 cm³/mol. The Morgan fingerprint density at radius 3 is 2.24 bits per heavy atom. The fourth-order valence-corrected chi connectivity index (χ4v) is 3.50. The van der Waals surface area contributed by atoms with Crippen LogP contribution in [-0.2, 0) is 13.0 Å². The van der Waals surface area contributed by atoms with Crippen LogP contribution in [0.25, 0.3) is 10.8 Å². The lowest BCUT2D eigenvalue weighted by atomic mass is 10.1. The van der Waals surface area contributed by atoms with Gasteiger partial charge in [-0.05, 0) is 53.3 Å². The number of fused-ring (bicyclic) bond motifs is 1. The largest absolute Gasteiger partial charge is 0.299 e. The highest BCUT2D eigenvalue weighted by Crippen LogP contribution is 2.17. The van der Waals surface area contributed by atoms with E-state index in [0.29, 0.717) is 5.92 Å². The highest BCUT2D eigenvalue weighted by atomic mass is 15.1. The van der Waals surface area contributed by atoms with Gasteiger partial charge in [0.05, 0.1) is 0 Å². The summed E-state index contributed by atoms with van der Waals surface area (Å²) in [7, 11) is 0. The molecule has 0 saturated heterocycles. The molecule has 0 amide bonds. The number of nitrogens with zero attached hydrogens (tertiary/aromatic N) is 1. The minimum Gasteiger partial charge on any atom is -0.299 e. The average Bonchev–Trinajstić information content (AvgIpc) is 2.62. The van der Waals surface area contributed by atoms with Crippen LogP contribution in [0, 0.1) is 5.92 Å². The van der Waals surface area contributed by atoms with Gasteiger partial charge in [-0.3, -0.25) is 4.90 Å². The quantitative estimate of drug-likeness (QED) is 0.494. The average molecular weight is 332 g/mol. The zero-order valence-corrected chi connectivity index (χ0v) is 15.5. The summed E-state index contributed by atoms with van der Waals surface area (Å²) in [6.07, 6.45) is 2.37. The zero-order valence-electron chi connectivity index (χ0n) is 15.5. The van der Waals surface area contributed by atoms with E-state index in [1.807, 2.05) is 0 Å². The van der Waals surface area contributed by atoms with E-state index < -0.39 is 0 Å². The van der Waals surface area contributed by atoms with Crippen LogP contribution in [0.2, 0.25) is 0 Å². The van der Waals surface area contributed by atoms with Gasteiger partial charge in [-0.1, -0.05) is 80.6 Å². The Bertz CT molecular complexity index is 776. The Balaban J connectivity index is 1.62. The van der Waals surface area contributed by atoms with Crippen molar-refractivity contribution in [2.75, 3.05) is 13.1 Å². The summed E-state index contributed by atoms with van der Waals surface area (Å²) in [5.41, 5.74) is 2.86. The molecule has 1 heteroatoms. The summed E-state index contributed by atoms with van der Waals surface area (Å²) in [5.74, 6) is 0.692. The monoisotopic (exact) mass is 331 g/mol. The maximum atomic E-state index is 2.61. The Kier molecular flexibility index (Phi) is 6.25. The fourth-order valence-electron chi connectivity index (χ4n) is 3.50. The molecule has 3 aromatic carbocycles. The molecule has 0 saturated carbocycles. The predicted octanol–water partition coefficient (Wildman–Crippen LogP) is 5.93. The third-order valence-electron chi connectivity index (χ3n) is 4.63. The molecule has 3 rings (SSSR count). The fraction of sp³-hybridized carbons (Fsp3) is 0.333. The first kappa shape index (κ1) is 17.7. The van der Waals surface area contributed by atoms with Gasteiger partial charge in [-0.2, -0.15) is 0 Å². The van der Waals surface area contributed by atoms with Gasteiger partial charge in [-0.15, -0.1) is 0 Å². The van der Waals surface area contributed by atoms with Crippen molar-refractivity contribution in [1.82, 2.24) is 4.90 Å². The summed E-state index contributed by atoms with van der Waals surface area (Å²) in [6, 6.07) is 26.3. The van der Waals surface area contributed by atoms with E-state index in [4.69, 9.17) is 0 Å². The third-order valence-corrected chi connectivity index (χ3v) is 4.63. The molecule has 25 heavy (non-hydrogen) atoms. The molecule has 130 valence electrons. The van der Waals surface area contributed by atoms with Crippen molar-refractivity contribution in [1.29, 1.82) is 0 Å². The Labute approximate surface area is 152 Å². The normalized spacial score (nSPS) is 11.5. The summed E-state index contributed by atoms with van der Waals surface area (Å²) < 4.78 is 0. The number of hydrogen-bond acceptors (Lipinski definition) is 1. The van der Waals surface area contributed by atoms with Gasteiger partial charge in [0.15, 0.2) is 0 Å². The van der Waals surface area contributed by atoms with Gasteiger partial charge < -0.3 is 0 Å². The van der Waals surface area contributed by atoms with E-state index in [0.717, 1.165) is 26.1 Å². The van der Waals surface area contributed by atoms with Crippen LogP contribution in [-0.4, -0.2) is 18.0 Å². The molecule has 0 fully saturated rings. The van der Waals surface area contributed by atoms with E-state index >= 15 is 0 Å². The Morgan fingerprint density at radius 2 is 1.48 bits per heavy atom. The van der Waals surface area contributed by atoms with Crippen LogP contribution in [0.4, 0.5) is 0 Å². The molecular formula is C24H29N. The number of hydrogen-bond donors (Lipinski definition) is 0. The molecule has 0 aliphatic carbocycles. The minimum atomic E-state index is 0.692. The third kappa shape index (κ3) is 5.44.